The summed E-state index contributed by atoms with van der Waals surface area (Å²) in [6.45, 7) is 2.74. The van der Waals surface area contributed by atoms with Crippen LogP contribution in [0.5, 0.6) is 0 Å². The van der Waals surface area contributed by atoms with Crippen molar-refractivity contribution in [1.29, 1.82) is 0 Å². The van der Waals surface area contributed by atoms with E-state index in [1.807, 2.05) is 12.1 Å². The molecule has 0 spiro atoms. The SMILES string of the molecule is Cl.O=C(NCc1ccc2c(c1)CNC2)C1CCN(c2cccc(Cl)c2)C1=O. The van der Waals surface area contributed by atoms with Gasteiger partial charge in [0.25, 0.3) is 0 Å². The third-order valence-corrected chi connectivity index (χ3v) is 5.25. The fraction of sp³-hybridized carbons (Fsp3) is 0.300. The molecule has 1 unspecified atom stereocenters. The summed E-state index contributed by atoms with van der Waals surface area (Å²) in [6, 6.07) is 13.4. The molecular weight excluding hydrogens is 385 g/mol. The molecule has 0 radical (unpaired) electrons. The zero-order valence-electron chi connectivity index (χ0n) is 14.7. The molecule has 2 heterocycles. The molecule has 2 aromatic carbocycles. The Morgan fingerprint density at radius 2 is 2.00 bits per heavy atom. The van der Waals surface area contributed by atoms with E-state index in [9.17, 15) is 9.59 Å². The van der Waals surface area contributed by atoms with Gasteiger partial charge in [0.05, 0.1) is 0 Å². The minimum atomic E-state index is -0.634. The molecule has 2 aromatic rings. The van der Waals surface area contributed by atoms with Gasteiger partial charge in [-0.1, -0.05) is 35.9 Å². The van der Waals surface area contributed by atoms with Crippen LogP contribution in [0.15, 0.2) is 42.5 Å². The standard InChI is InChI=1S/C20H20ClN3O2.ClH/c21-16-2-1-3-17(9-16)24-7-6-18(20(24)26)19(25)23-10-13-4-5-14-11-22-12-15(14)8-13;/h1-5,8-9,18,22H,6-7,10-12H2,(H,23,25);1H. The first-order chi connectivity index (χ1) is 12.6. The maximum Gasteiger partial charge on any atom is 0.239 e. The highest BCUT2D eigenvalue weighted by Crippen LogP contribution is 2.27. The lowest BCUT2D eigenvalue weighted by Crippen LogP contribution is -2.36. The van der Waals surface area contributed by atoms with Crippen molar-refractivity contribution in [2.75, 3.05) is 11.4 Å². The molecule has 0 saturated carbocycles. The van der Waals surface area contributed by atoms with Crippen molar-refractivity contribution in [3.63, 3.8) is 0 Å². The summed E-state index contributed by atoms with van der Waals surface area (Å²) in [5.41, 5.74) is 4.38. The number of carbonyl (C=O) groups is 2. The van der Waals surface area contributed by atoms with Crippen molar-refractivity contribution < 1.29 is 9.59 Å². The van der Waals surface area contributed by atoms with Gasteiger partial charge in [-0.15, -0.1) is 12.4 Å². The van der Waals surface area contributed by atoms with Gasteiger partial charge in [0.2, 0.25) is 11.8 Å². The molecule has 27 heavy (non-hydrogen) atoms. The Kier molecular flexibility index (Phi) is 6.05. The molecule has 4 rings (SSSR count). The predicted octanol–water partition coefficient (Wildman–Crippen LogP) is 3.03. The molecule has 1 saturated heterocycles. The molecule has 0 aromatic heterocycles. The minimum absolute atomic E-state index is 0. The number of anilines is 1. The van der Waals surface area contributed by atoms with E-state index in [1.165, 1.54) is 11.1 Å². The van der Waals surface area contributed by atoms with Gasteiger partial charge in [0.1, 0.15) is 5.92 Å². The van der Waals surface area contributed by atoms with Crippen LogP contribution in [0.25, 0.3) is 0 Å². The Hall–Kier alpha value is -2.08. The Balaban J connectivity index is 0.00000210. The van der Waals surface area contributed by atoms with Gasteiger partial charge in [-0.2, -0.15) is 0 Å². The van der Waals surface area contributed by atoms with E-state index < -0.39 is 5.92 Å². The number of amides is 2. The maximum atomic E-state index is 12.6. The highest BCUT2D eigenvalue weighted by molar-refractivity contribution is 6.31. The average Bonchev–Trinajstić information content (AvgIpc) is 3.25. The summed E-state index contributed by atoms with van der Waals surface area (Å²) in [6.07, 6.45) is 0.519. The minimum Gasteiger partial charge on any atom is -0.351 e. The number of benzene rings is 2. The van der Waals surface area contributed by atoms with Gasteiger partial charge in [0, 0.05) is 36.9 Å². The second-order valence-corrected chi connectivity index (χ2v) is 7.17. The van der Waals surface area contributed by atoms with Crippen LogP contribution in [0.2, 0.25) is 5.02 Å². The number of hydrogen-bond acceptors (Lipinski definition) is 3. The number of halogens is 2. The lowest BCUT2D eigenvalue weighted by atomic mass is 10.1. The lowest BCUT2D eigenvalue weighted by molar-refractivity contribution is -0.132. The van der Waals surface area contributed by atoms with Crippen LogP contribution < -0.4 is 15.5 Å². The third kappa shape index (κ3) is 4.10. The van der Waals surface area contributed by atoms with E-state index in [4.69, 9.17) is 11.6 Å². The summed E-state index contributed by atoms with van der Waals surface area (Å²) < 4.78 is 0. The van der Waals surface area contributed by atoms with E-state index >= 15 is 0 Å². The maximum absolute atomic E-state index is 12.6. The van der Waals surface area contributed by atoms with Crippen LogP contribution >= 0.6 is 24.0 Å². The fourth-order valence-electron chi connectivity index (χ4n) is 3.59. The zero-order valence-corrected chi connectivity index (χ0v) is 16.3. The van der Waals surface area contributed by atoms with E-state index in [0.717, 1.165) is 24.3 Å². The Morgan fingerprint density at radius 1 is 1.19 bits per heavy atom. The molecule has 0 aliphatic carbocycles. The number of hydrogen-bond donors (Lipinski definition) is 2. The summed E-state index contributed by atoms with van der Waals surface area (Å²) in [7, 11) is 0. The monoisotopic (exact) mass is 405 g/mol. The predicted molar refractivity (Wildman–Crippen MR) is 108 cm³/mol. The number of nitrogens with zero attached hydrogens (tertiary/aromatic N) is 1. The van der Waals surface area contributed by atoms with Crippen molar-refractivity contribution in [1.82, 2.24) is 10.6 Å². The van der Waals surface area contributed by atoms with Crippen LogP contribution in [-0.4, -0.2) is 18.4 Å². The van der Waals surface area contributed by atoms with E-state index in [2.05, 4.69) is 22.8 Å². The van der Waals surface area contributed by atoms with Crippen LogP contribution in [0.4, 0.5) is 5.69 Å². The van der Waals surface area contributed by atoms with E-state index in [0.29, 0.717) is 24.5 Å². The number of rotatable bonds is 4. The molecular formula is C20H21Cl2N3O2. The van der Waals surface area contributed by atoms with Crippen LogP contribution in [0, 0.1) is 5.92 Å². The van der Waals surface area contributed by atoms with E-state index in [1.54, 1.807) is 23.1 Å². The van der Waals surface area contributed by atoms with Crippen molar-refractivity contribution in [2.45, 2.75) is 26.1 Å². The smallest absolute Gasteiger partial charge is 0.239 e. The first-order valence-corrected chi connectivity index (χ1v) is 9.15. The van der Waals surface area contributed by atoms with Gasteiger partial charge in [0.15, 0.2) is 0 Å². The molecule has 0 bridgehead atoms. The van der Waals surface area contributed by atoms with Crippen molar-refractivity contribution in [3.8, 4) is 0 Å². The molecule has 7 heteroatoms. The molecule has 1 fully saturated rings. The normalized spacial score (nSPS) is 18.2. The first kappa shape index (κ1) is 19.7. The summed E-state index contributed by atoms with van der Waals surface area (Å²) in [5, 5.41) is 6.80. The molecule has 5 nitrogen and oxygen atoms in total. The third-order valence-electron chi connectivity index (χ3n) is 5.01. The fourth-order valence-corrected chi connectivity index (χ4v) is 3.78. The number of fused-ring (bicyclic) bond motifs is 1. The van der Waals surface area contributed by atoms with Crippen LogP contribution in [0.1, 0.15) is 23.1 Å². The molecule has 142 valence electrons. The average molecular weight is 406 g/mol. The second-order valence-electron chi connectivity index (χ2n) is 6.74. The Labute approximate surface area is 169 Å². The van der Waals surface area contributed by atoms with Gasteiger partial charge in [-0.25, -0.2) is 0 Å². The number of nitrogens with one attached hydrogen (secondary N) is 2. The van der Waals surface area contributed by atoms with Gasteiger partial charge < -0.3 is 15.5 Å². The number of carbonyl (C=O) groups excluding carboxylic acids is 2. The Bertz CT molecular complexity index is 872. The summed E-state index contributed by atoms with van der Waals surface area (Å²) in [4.78, 5) is 26.8. The van der Waals surface area contributed by atoms with Gasteiger partial charge in [-0.05, 0) is 41.3 Å². The molecule has 2 aliphatic heterocycles. The molecule has 1 atom stereocenters. The largest absolute Gasteiger partial charge is 0.351 e. The quantitative estimate of drug-likeness (QED) is 0.768. The molecule has 2 amide bonds. The van der Waals surface area contributed by atoms with Gasteiger partial charge >= 0.3 is 0 Å². The lowest BCUT2D eigenvalue weighted by Gasteiger charge is -2.17. The van der Waals surface area contributed by atoms with Gasteiger partial charge in [-0.3, -0.25) is 9.59 Å². The second kappa shape index (κ2) is 8.30. The Morgan fingerprint density at radius 3 is 2.81 bits per heavy atom. The first-order valence-electron chi connectivity index (χ1n) is 8.78. The summed E-state index contributed by atoms with van der Waals surface area (Å²) in [5.74, 6) is -1.01. The molecule has 2 N–H and O–H groups in total. The topological polar surface area (TPSA) is 61.4 Å². The highest BCUT2D eigenvalue weighted by atomic mass is 35.5. The highest BCUT2D eigenvalue weighted by Gasteiger charge is 2.37. The van der Waals surface area contributed by atoms with Crippen LogP contribution in [-0.2, 0) is 29.2 Å². The van der Waals surface area contributed by atoms with Crippen molar-refractivity contribution in [3.05, 3.63) is 64.2 Å². The van der Waals surface area contributed by atoms with Crippen LogP contribution in [0.3, 0.4) is 0 Å². The summed E-state index contributed by atoms with van der Waals surface area (Å²) >= 11 is 6.01. The zero-order chi connectivity index (χ0) is 18.1. The van der Waals surface area contributed by atoms with Crippen molar-refractivity contribution >= 4 is 41.5 Å². The molecule has 2 aliphatic rings. The van der Waals surface area contributed by atoms with Crippen molar-refractivity contribution in [2.24, 2.45) is 5.92 Å². The van der Waals surface area contributed by atoms with E-state index in [-0.39, 0.29) is 24.2 Å².